The molecule has 1 unspecified atom stereocenters. The molecule has 0 spiro atoms. The molecule has 0 aliphatic carbocycles. The van der Waals surface area contributed by atoms with Crippen LogP contribution in [-0.2, 0) is 4.79 Å². The van der Waals surface area contributed by atoms with Crippen LogP contribution in [0.1, 0.15) is 6.92 Å². The van der Waals surface area contributed by atoms with Gasteiger partial charge in [0.2, 0.25) is 0 Å². The Labute approximate surface area is 78.7 Å². The highest BCUT2D eigenvalue weighted by Crippen LogP contribution is 2.03. The number of piperazine rings is 1. The van der Waals surface area contributed by atoms with E-state index in [0.29, 0.717) is 0 Å². The fourth-order valence-corrected chi connectivity index (χ4v) is 1.48. The number of carbonyl (C=O) groups excluding carboxylic acids is 1. The van der Waals surface area contributed by atoms with Gasteiger partial charge in [-0.1, -0.05) is 6.92 Å². The summed E-state index contributed by atoms with van der Waals surface area (Å²) < 4.78 is 0. The lowest BCUT2D eigenvalue weighted by molar-refractivity contribution is -0.111. The van der Waals surface area contributed by atoms with Gasteiger partial charge in [-0.3, -0.25) is 4.90 Å². The van der Waals surface area contributed by atoms with Crippen LogP contribution in [0.5, 0.6) is 0 Å². The lowest BCUT2D eigenvalue weighted by atomic mass is 10.2. The van der Waals surface area contributed by atoms with Crippen molar-refractivity contribution in [3.8, 4) is 6.19 Å². The maximum Gasteiger partial charge on any atom is 0.179 e. The highest BCUT2D eigenvalue weighted by atomic mass is 16.1. The fraction of sp³-hybridized carbons (Fsp3) is 0.778. The molecular weight excluding hydrogens is 166 g/mol. The Morgan fingerprint density at radius 1 is 1.46 bits per heavy atom. The van der Waals surface area contributed by atoms with E-state index in [9.17, 15) is 4.79 Å². The molecule has 1 aliphatic heterocycles. The van der Waals surface area contributed by atoms with Crippen molar-refractivity contribution in [1.29, 1.82) is 5.26 Å². The third-order valence-electron chi connectivity index (χ3n) is 2.29. The van der Waals surface area contributed by atoms with Gasteiger partial charge >= 0.3 is 0 Å². The first-order chi connectivity index (χ1) is 6.26. The van der Waals surface area contributed by atoms with Crippen LogP contribution in [0.2, 0.25) is 0 Å². The van der Waals surface area contributed by atoms with Gasteiger partial charge in [0.15, 0.2) is 6.19 Å². The standard InChI is InChI=1S/C9H15N3O/c1-9(7-13)6-11-2-4-12(8-10)5-3-11/h7,9H,2-6H2,1H3. The third-order valence-corrected chi connectivity index (χ3v) is 2.29. The number of rotatable bonds is 3. The van der Waals surface area contributed by atoms with Gasteiger partial charge in [0.05, 0.1) is 0 Å². The largest absolute Gasteiger partial charge is 0.308 e. The Morgan fingerprint density at radius 3 is 2.54 bits per heavy atom. The molecule has 0 aromatic rings. The monoisotopic (exact) mass is 181 g/mol. The topological polar surface area (TPSA) is 47.3 Å². The van der Waals surface area contributed by atoms with E-state index in [-0.39, 0.29) is 5.92 Å². The molecule has 0 radical (unpaired) electrons. The van der Waals surface area contributed by atoms with Gasteiger partial charge in [0.1, 0.15) is 6.29 Å². The molecule has 0 bridgehead atoms. The molecular formula is C9H15N3O. The summed E-state index contributed by atoms with van der Waals surface area (Å²) in [4.78, 5) is 14.4. The first kappa shape index (κ1) is 10.0. The van der Waals surface area contributed by atoms with Crippen LogP contribution in [-0.4, -0.2) is 48.8 Å². The average Bonchev–Trinajstić information content (AvgIpc) is 2.19. The minimum Gasteiger partial charge on any atom is -0.308 e. The Morgan fingerprint density at radius 2 is 2.08 bits per heavy atom. The average molecular weight is 181 g/mol. The van der Waals surface area contributed by atoms with Crippen LogP contribution >= 0.6 is 0 Å². The first-order valence-corrected chi connectivity index (χ1v) is 4.58. The number of carbonyl (C=O) groups is 1. The number of nitriles is 1. The van der Waals surface area contributed by atoms with E-state index in [1.807, 2.05) is 6.92 Å². The lowest BCUT2D eigenvalue weighted by Crippen LogP contribution is -2.45. The highest BCUT2D eigenvalue weighted by Gasteiger charge is 2.16. The second kappa shape index (κ2) is 4.83. The van der Waals surface area contributed by atoms with E-state index in [1.54, 1.807) is 4.90 Å². The molecule has 0 aromatic carbocycles. The predicted molar refractivity (Wildman–Crippen MR) is 48.9 cm³/mol. The molecule has 0 aromatic heterocycles. The fourth-order valence-electron chi connectivity index (χ4n) is 1.48. The molecule has 1 fully saturated rings. The van der Waals surface area contributed by atoms with Gasteiger partial charge in [-0.15, -0.1) is 0 Å². The molecule has 4 heteroatoms. The van der Waals surface area contributed by atoms with Crippen LogP contribution < -0.4 is 0 Å². The van der Waals surface area contributed by atoms with Crippen molar-refractivity contribution in [1.82, 2.24) is 9.80 Å². The van der Waals surface area contributed by atoms with Gasteiger partial charge in [0.25, 0.3) is 0 Å². The molecule has 1 atom stereocenters. The smallest absolute Gasteiger partial charge is 0.179 e. The van der Waals surface area contributed by atoms with Gasteiger partial charge in [-0.2, -0.15) is 5.26 Å². The van der Waals surface area contributed by atoms with Crippen LogP contribution in [0, 0.1) is 17.4 Å². The molecule has 1 aliphatic rings. The summed E-state index contributed by atoms with van der Waals surface area (Å²) in [6.45, 7) is 6.12. The zero-order chi connectivity index (χ0) is 9.68. The second-order valence-corrected chi connectivity index (χ2v) is 3.50. The van der Waals surface area contributed by atoms with Crippen molar-refractivity contribution in [3.05, 3.63) is 0 Å². The van der Waals surface area contributed by atoms with Gasteiger partial charge in [-0.25, -0.2) is 0 Å². The highest BCUT2D eigenvalue weighted by molar-refractivity contribution is 5.53. The molecule has 4 nitrogen and oxygen atoms in total. The molecule has 1 saturated heterocycles. The van der Waals surface area contributed by atoms with Gasteiger partial charge in [0, 0.05) is 38.6 Å². The molecule has 0 saturated carbocycles. The van der Waals surface area contributed by atoms with Crippen LogP contribution in [0.4, 0.5) is 0 Å². The number of aldehydes is 1. The molecule has 1 rings (SSSR count). The number of nitrogens with zero attached hydrogens (tertiary/aromatic N) is 3. The predicted octanol–water partition coefficient (Wildman–Crippen LogP) is -0.0799. The van der Waals surface area contributed by atoms with Crippen LogP contribution in [0.3, 0.4) is 0 Å². The lowest BCUT2D eigenvalue weighted by Gasteiger charge is -2.32. The molecule has 0 amide bonds. The summed E-state index contributed by atoms with van der Waals surface area (Å²) in [5.74, 6) is 0.105. The van der Waals surface area contributed by atoms with E-state index >= 15 is 0 Å². The van der Waals surface area contributed by atoms with Gasteiger partial charge in [-0.05, 0) is 0 Å². The first-order valence-electron chi connectivity index (χ1n) is 4.58. The molecule has 0 N–H and O–H groups in total. The quantitative estimate of drug-likeness (QED) is 0.451. The second-order valence-electron chi connectivity index (χ2n) is 3.50. The van der Waals surface area contributed by atoms with Crippen molar-refractivity contribution >= 4 is 6.29 Å². The summed E-state index contributed by atoms with van der Waals surface area (Å²) in [5, 5.41) is 8.61. The van der Waals surface area contributed by atoms with Crippen molar-refractivity contribution in [2.24, 2.45) is 5.92 Å². The summed E-state index contributed by atoms with van der Waals surface area (Å²) >= 11 is 0. The third kappa shape index (κ3) is 3.03. The summed E-state index contributed by atoms with van der Waals surface area (Å²) in [6.07, 6.45) is 3.11. The van der Waals surface area contributed by atoms with E-state index in [0.717, 1.165) is 39.0 Å². The SMILES string of the molecule is CC(C=O)CN1CCN(C#N)CC1. The van der Waals surface area contributed by atoms with E-state index < -0.39 is 0 Å². The summed E-state index contributed by atoms with van der Waals surface area (Å²) in [5.41, 5.74) is 0. The van der Waals surface area contributed by atoms with Crippen molar-refractivity contribution in [2.45, 2.75) is 6.92 Å². The minimum atomic E-state index is 0.105. The van der Waals surface area contributed by atoms with Crippen LogP contribution in [0.25, 0.3) is 0 Å². The number of hydrogen-bond acceptors (Lipinski definition) is 4. The Balaban J connectivity index is 2.25. The minimum absolute atomic E-state index is 0.105. The maximum atomic E-state index is 10.4. The molecule has 1 heterocycles. The van der Waals surface area contributed by atoms with Crippen molar-refractivity contribution < 1.29 is 4.79 Å². The van der Waals surface area contributed by atoms with E-state index in [2.05, 4.69) is 11.1 Å². The van der Waals surface area contributed by atoms with E-state index in [4.69, 9.17) is 5.26 Å². The zero-order valence-electron chi connectivity index (χ0n) is 7.94. The normalized spacial score (nSPS) is 20.8. The Bertz CT molecular complexity index is 203. The maximum absolute atomic E-state index is 10.4. The van der Waals surface area contributed by atoms with Crippen LogP contribution in [0.15, 0.2) is 0 Å². The van der Waals surface area contributed by atoms with Gasteiger partial charge < -0.3 is 9.69 Å². The molecule has 72 valence electrons. The van der Waals surface area contributed by atoms with Crippen molar-refractivity contribution in [2.75, 3.05) is 32.7 Å². The zero-order valence-corrected chi connectivity index (χ0v) is 7.94. The Hall–Kier alpha value is -1.08. The van der Waals surface area contributed by atoms with Crippen molar-refractivity contribution in [3.63, 3.8) is 0 Å². The summed E-state index contributed by atoms with van der Waals surface area (Å²) in [6, 6.07) is 0. The van der Waals surface area contributed by atoms with E-state index in [1.165, 1.54) is 0 Å². The molecule has 13 heavy (non-hydrogen) atoms. The summed E-state index contributed by atoms with van der Waals surface area (Å²) in [7, 11) is 0. The Kier molecular flexibility index (Phi) is 3.71. The number of hydrogen-bond donors (Lipinski definition) is 0.